The van der Waals surface area contributed by atoms with E-state index in [1.807, 2.05) is 30.3 Å². The van der Waals surface area contributed by atoms with E-state index in [9.17, 15) is 4.79 Å². The van der Waals surface area contributed by atoms with Crippen LogP contribution in [0.1, 0.15) is 0 Å². The molecule has 0 saturated carbocycles. The molecule has 82 valence electrons. The second-order valence-electron chi connectivity index (χ2n) is 3.19. The first-order valence-electron chi connectivity index (χ1n) is 4.75. The molecule has 0 atom stereocenters. The van der Waals surface area contributed by atoms with Crippen molar-refractivity contribution >= 4 is 21.9 Å². The molecule has 1 aromatic carbocycles. The Hall–Kier alpha value is -1.62. The van der Waals surface area contributed by atoms with Crippen molar-refractivity contribution in [2.75, 3.05) is 12.4 Å². The Bertz CT molecular complexity index is 551. The normalized spacial score (nSPS) is 10.1. The van der Waals surface area contributed by atoms with Gasteiger partial charge in [-0.15, -0.1) is 0 Å². The predicted molar refractivity (Wildman–Crippen MR) is 67.5 cm³/mol. The van der Waals surface area contributed by atoms with Gasteiger partial charge in [0, 0.05) is 12.6 Å². The van der Waals surface area contributed by atoms with Gasteiger partial charge in [-0.2, -0.15) is 0 Å². The molecule has 1 aromatic heterocycles. The summed E-state index contributed by atoms with van der Waals surface area (Å²) in [5.41, 5.74) is 1.34. The lowest BCUT2D eigenvalue weighted by molar-refractivity contribution is 1.10. The number of nitrogens with zero attached hydrogens (tertiary/aromatic N) is 1. The van der Waals surface area contributed by atoms with Gasteiger partial charge in [-0.25, -0.2) is 4.98 Å². The monoisotopic (exact) mass is 279 g/mol. The molecule has 0 spiro atoms. The quantitative estimate of drug-likeness (QED) is 0.887. The summed E-state index contributed by atoms with van der Waals surface area (Å²) in [6.45, 7) is 0. The fraction of sp³-hybridized carbons (Fsp3) is 0.0909. The van der Waals surface area contributed by atoms with Crippen molar-refractivity contribution in [1.82, 2.24) is 9.97 Å². The van der Waals surface area contributed by atoms with E-state index in [2.05, 4.69) is 31.2 Å². The Kier molecular flexibility index (Phi) is 3.05. The van der Waals surface area contributed by atoms with Crippen LogP contribution in [0.2, 0.25) is 0 Å². The van der Waals surface area contributed by atoms with Crippen LogP contribution >= 0.6 is 15.9 Å². The Balaban J connectivity index is 2.65. The standard InChI is InChI=1S/C11H10BrN3O/c1-13-11-14-9(8(12)10(16)15-11)7-5-3-2-4-6-7/h2-6H,1H3,(H2,13,14,15,16). The fourth-order valence-electron chi connectivity index (χ4n) is 1.36. The molecule has 0 amide bonds. The zero-order valence-electron chi connectivity index (χ0n) is 8.62. The lowest BCUT2D eigenvalue weighted by Gasteiger charge is -2.05. The van der Waals surface area contributed by atoms with Gasteiger partial charge < -0.3 is 5.32 Å². The first-order valence-corrected chi connectivity index (χ1v) is 5.54. The lowest BCUT2D eigenvalue weighted by atomic mass is 10.1. The van der Waals surface area contributed by atoms with Crippen molar-refractivity contribution in [2.45, 2.75) is 0 Å². The highest BCUT2D eigenvalue weighted by Gasteiger charge is 2.09. The van der Waals surface area contributed by atoms with Gasteiger partial charge in [-0.05, 0) is 15.9 Å². The molecule has 0 bridgehead atoms. The maximum atomic E-state index is 11.6. The minimum atomic E-state index is -0.196. The Morgan fingerprint density at radius 1 is 1.31 bits per heavy atom. The third kappa shape index (κ3) is 1.99. The van der Waals surface area contributed by atoms with E-state index in [0.717, 1.165) is 5.56 Å². The third-order valence-corrected chi connectivity index (χ3v) is 2.88. The fourth-order valence-corrected chi connectivity index (χ4v) is 1.78. The van der Waals surface area contributed by atoms with E-state index < -0.39 is 0 Å². The van der Waals surface area contributed by atoms with Gasteiger partial charge in [0.2, 0.25) is 5.95 Å². The Morgan fingerprint density at radius 2 is 2.00 bits per heavy atom. The van der Waals surface area contributed by atoms with Crippen LogP contribution in [0.15, 0.2) is 39.6 Å². The van der Waals surface area contributed by atoms with Crippen molar-refractivity contribution < 1.29 is 0 Å². The van der Waals surface area contributed by atoms with E-state index >= 15 is 0 Å². The second-order valence-corrected chi connectivity index (χ2v) is 3.99. The SMILES string of the molecule is CNc1nc(-c2ccccc2)c(Br)c(=O)[nH]1. The van der Waals surface area contributed by atoms with Gasteiger partial charge in [0.25, 0.3) is 5.56 Å². The van der Waals surface area contributed by atoms with Crippen LogP contribution in [-0.4, -0.2) is 17.0 Å². The summed E-state index contributed by atoms with van der Waals surface area (Å²) >= 11 is 3.25. The molecule has 0 aliphatic rings. The molecular weight excluding hydrogens is 270 g/mol. The molecule has 2 rings (SSSR count). The van der Waals surface area contributed by atoms with Gasteiger partial charge in [-0.1, -0.05) is 30.3 Å². The maximum absolute atomic E-state index is 11.6. The molecule has 0 aliphatic heterocycles. The molecule has 0 unspecified atom stereocenters. The van der Waals surface area contributed by atoms with Gasteiger partial charge in [-0.3, -0.25) is 9.78 Å². The molecule has 0 fully saturated rings. The number of hydrogen-bond donors (Lipinski definition) is 2. The number of aromatic amines is 1. The number of nitrogens with one attached hydrogen (secondary N) is 2. The van der Waals surface area contributed by atoms with Gasteiger partial charge >= 0.3 is 0 Å². The van der Waals surface area contributed by atoms with Crippen LogP contribution in [0.3, 0.4) is 0 Å². The topological polar surface area (TPSA) is 57.8 Å². The summed E-state index contributed by atoms with van der Waals surface area (Å²) in [5.74, 6) is 0.451. The Labute approximate surface area is 101 Å². The molecule has 1 heterocycles. The number of benzene rings is 1. The molecule has 0 aliphatic carbocycles. The van der Waals surface area contributed by atoms with E-state index in [4.69, 9.17) is 0 Å². The highest BCUT2D eigenvalue weighted by Crippen LogP contribution is 2.23. The number of halogens is 1. The zero-order valence-corrected chi connectivity index (χ0v) is 10.2. The average molecular weight is 280 g/mol. The van der Waals surface area contributed by atoms with Crippen LogP contribution in [0.5, 0.6) is 0 Å². The van der Waals surface area contributed by atoms with Crippen LogP contribution in [0.25, 0.3) is 11.3 Å². The maximum Gasteiger partial charge on any atom is 0.267 e. The van der Waals surface area contributed by atoms with E-state index in [-0.39, 0.29) is 5.56 Å². The first-order chi connectivity index (χ1) is 7.72. The predicted octanol–water partition coefficient (Wildman–Crippen LogP) is 2.24. The minimum Gasteiger partial charge on any atom is -0.359 e. The highest BCUT2D eigenvalue weighted by atomic mass is 79.9. The van der Waals surface area contributed by atoms with Gasteiger partial charge in [0.15, 0.2) is 0 Å². The third-order valence-electron chi connectivity index (χ3n) is 2.15. The second kappa shape index (κ2) is 4.49. The lowest BCUT2D eigenvalue weighted by Crippen LogP contribution is -2.13. The van der Waals surface area contributed by atoms with Crippen LogP contribution in [0, 0.1) is 0 Å². The van der Waals surface area contributed by atoms with Crippen molar-refractivity contribution in [3.05, 3.63) is 45.2 Å². The smallest absolute Gasteiger partial charge is 0.267 e. The van der Waals surface area contributed by atoms with Gasteiger partial charge in [0.1, 0.15) is 4.47 Å². The molecule has 4 nitrogen and oxygen atoms in total. The van der Waals surface area contributed by atoms with Crippen molar-refractivity contribution in [3.8, 4) is 11.3 Å². The zero-order chi connectivity index (χ0) is 11.5. The molecule has 2 aromatic rings. The minimum absolute atomic E-state index is 0.196. The molecular formula is C11H10BrN3O. The summed E-state index contributed by atoms with van der Waals surface area (Å²) in [7, 11) is 1.71. The summed E-state index contributed by atoms with van der Waals surface area (Å²) in [6.07, 6.45) is 0. The number of rotatable bonds is 2. The van der Waals surface area contributed by atoms with E-state index in [1.165, 1.54) is 0 Å². The van der Waals surface area contributed by atoms with Gasteiger partial charge in [0.05, 0.1) is 5.69 Å². The molecule has 5 heteroatoms. The summed E-state index contributed by atoms with van der Waals surface area (Å²) < 4.78 is 0.442. The number of hydrogen-bond acceptors (Lipinski definition) is 3. The van der Waals surface area contributed by atoms with Crippen LogP contribution in [-0.2, 0) is 0 Å². The Morgan fingerprint density at radius 3 is 2.62 bits per heavy atom. The number of aromatic nitrogens is 2. The van der Waals surface area contributed by atoms with Crippen LogP contribution in [0.4, 0.5) is 5.95 Å². The molecule has 0 saturated heterocycles. The summed E-state index contributed by atoms with van der Waals surface area (Å²) in [5, 5.41) is 2.82. The number of H-pyrrole nitrogens is 1. The van der Waals surface area contributed by atoms with E-state index in [1.54, 1.807) is 7.05 Å². The largest absolute Gasteiger partial charge is 0.359 e. The van der Waals surface area contributed by atoms with E-state index in [0.29, 0.717) is 16.1 Å². The molecule has 16 heavy (non-hydrogen) atoms. The summed E-state index contributed by atoms with van der Waals surface area (Å²) in [6, 6.07) is 9.55. The number of anilines is 1. The van der Waals surface area contributed by atoms with Crippen LogP contribution < -0.4 is 10.9 Å². The van der Waals surface area contributed by atoms with Crippen molar-refractivity contribution in [2.24, 2.45) is 0 Å². The first kappa shape index (κ1) is 10.9. The van der Waals surface area contributed by atoms with Crippen molar-refractivity contribution in [3.63, 3.8) is 0 Å². The van der Waals surface area contributed by atoms with Crippen molar-refractivity contribution in [1.29, 1.82) is 0 Å². The molecule has 2 N–H and O–H groups in total. The molecule has 0 radical (unpaired) electrons. The highest BCUT2D eigenvalue weighted by molar-refractivity contribution is 9.10. The summed E-state index contributed by atoms with van der Waals surface area (Å²) in [4.78, 5) is 18.5. The average Bonchev–Trinajstić information content (AvgIpc) is 2.33.